The number of rotatable bonds is 3. The number of halogens is 1. The minimum atomic E-state index is -0.807. The lowest BCUT2D eigenvalue weighted by molar-refractivity contribution is -0.119. The lowest BCUT2D eigenvalue weighted by atomic mass is 10.2. The number of aryl methyl sites for hydroxylation is 2. The average Bonchev–Trinajstić information content (AvgIpc) is 2.95. The Morgan fingerprint density at radius 2 is 2.14 bits per heavy atom. The fourth-order valence-electron chi connectivity index (χ4n) is 2.60. The molecule has 22 heavy (non-hydrogen) atoms. The van der Waals surface area contributed by atoms with Crippen LogP contribution in [0.5, 0.6) is 0 Å². The second-order valence-corrected chi connectivity index (χ2v) is 5.40. The molecule has 0 aliphatic heterocycles. The summed E-state index contributed by atoms with van der Waals surface area (Å²) in [6, 6.07) is 6.64. The Hall–Kier alpha value is -2.50. The van der Waals surface area contributed by atoms with E-state index >= 15 is 0 Å². The molecule has 1 heterocycles. The number of fused-ring (bicyclic) bond motifs is 1. The molecular formula is C16H16FN3O2. The fraction of sp³-hybridized carbons (Fsp3) is 0.312. The van der Waals surface area contributed by atoms with Gasteiger partial charge in [0.15, 0.2) is 0 Å². The van der Waals surface area contributed by atoms with Crippen molar-refractivity contribution in [2.45, 2.75) is 32.2 Å². The van der Waals surface area contributed by atoms with E-state index in [1.165, 1.54) is 16.8 Å². The standard InChI is InChI=1S/C16H16FN3O2/c1-10(16(22)18-14-7-3-2-6-12(14)17)20-15(21)9-11-5-4-8-13(11)19-20/h2-3,6-7,9-10H,4-5,8H2,1H3,(H,18,22). The van der Waals surface area contributed by atoms with Crippen molar-refractivity contribution in [2.24, 2.45) is 0 Å². The van der Waals surface area contributed by atoms with Crippen LogP contribution in [0.15, 0.2) is 35.1 Å². The minimum Gasteiger partial charge on any atom is -0.322 e. The van der Waals surface area contributed by atoms with Crippen molar-refractivity contribution in [3.05, 3.63) is 57.8 Å². The topological polar surface area (TPSA) is 64.0 Å². The van der Waals surface area contributed by atoms with Gasteiger partial charge in [-0.25, -0.2) is 9.07 Å². The van der Waals surface area contributed by atoms with E-state index in [0.717, 1.165) is 30.5 Å². The normalized spacial score (nSPS) is 14.5. The Labute approximate surface area is 126 Å². The van der Waals surface area contributed by atoms with E-state index in [9.17, 15) is 14.0 Å². The summed E-state index contributed by atoms with van der Waals surface area (Å²) in [5.41, 5.74) is 1.61. The summed E-state index contributed by atoms with van der Waals surface area (Å²) in [5.74, 6) is -0.991. The van der Waals surface area contributed by atoms with Crippen molar-refractivity contribution < 1.29 is 9.18 Å². The third kappa shape index (κ3) is 2.64. The van der Waals surface area contributed by atoms with Gasteiger partial charge in [0.2, 0.25) is 5.91 Å². The maximum atomic E-state index is 13.6. The van der Waals surface area contributed by atoms with E-state index in [1.807, 2.05) is 0 Å². The second-order valence-electron chi connectivity index (χ2n) is 5.40. The molecule has 0 saturated heterocycles. The van der Waals surface area contributed by atoms with Gasteiger partial charge in [-0.3, -0.25) is 9.59 Å². The van der Waals surface area contributed by atoms with Gasteiger partial charge in [0.05, 0.1) is 11.4 Å². The molecule has 114 valence electrons. The molecule has 0 radical (unpaired) electrons. The number of benzene rings is 1. The first kappa shape index (κ1) is 14.4. The number of aromatic nitrogens is 2. The van der Waals surface area contributed by atoms with E-state index in [2.05, 4.69) is 10.4 Å². The van der Waals surface area contributed by atoms with Crippen LogP contribution in [0.25, 0.3) is 0 Å². The average molecular weight is 301 g/mol. The van der Waals surface area contributed by atoms with Gasteiger partial charge >= 0.3 is 0 Å². The molecule has 1 atom stereocenters. The first-order valence-corrected chi connectivity index (χ1v) is 7.23. The van der Waals surface area contributed by atoms with E-state index in [0.29, 0.717) is 0 Å². The zero-order valence-electron chi connectivity index (χ0n) is 12.2. The Bertz CT molecular complexity index is 785. The molecule has 1 aromatic heterocycles. The highest BCUT2D eigenvalue weighted by Crippen LogP contribution is 2.19. The van der Waals surface area contributed by atoms with Crippen LogP contribution < -0.4 is 10.9 Å². The van der Waals surface area contributed by atoms with E-state index in [4.69, 9.17) is 0 Å². The number of nitrogens with one attached hydrogen (secondary N) is 1. The molecule has 1 unspecified atom stereocenters. The van der Waals surface area contributed by atoms with Crippen molar-refractivity contribution in [3.63, 3.8) is 0 Å². The highest BCUT2D eigenvalue weighted by atomic mass is 19.1. The number of anilines is 1. The molecule has 6 heteroatoms. The van der Waals surface area contributed by atoms with Crippen LogP contribution in [0.2, 0.25) is 0 Å². The van der Waals surface area contributed by atoms with Gasteiger partial charge in [0.1, 0.15) is 11.9 Å². The predicted molar refractivity (Wildman–Crippen MR) is 80.3 cm³/mol. The van der Waals surface area contributed by atoms with E-state index < -0.39 is 17.8 Å². The van der Waals surface area contributed by atoms with Gasteiger partial charge in [0.25, 0.3) is 5.56 Å². The summed E-state index contributed by atoms with van der Waals surface area (Å²) >= 11 is 0. The van der Waals surface area contributed by atoms with Crippen LogP contribution in [0.3, 0.4) is 0 Å². The number of nitrogens with zero attached hydrogens (tertiary/aromatic N) is 2. The lowest BCUT2D eigenvalue weighted by Crippen LogP contribution is -2.34. The first-order valence-electron chi connectivity index (χ1n) is 7.23. The van der Waals surface area contributed by atoms with Gasteiger partial charge in [0, 0.05) is 6.07 Å². The van der Waals surface area contributed by atoms with Gasteiger partial charge in [-0.1, -0.05) is 12.1 Å². The Morgan fingerprint density at radius 1 is 1.36 bits per heavy atom. The molecule has 2 aromatic rings. The third-order valence-corrected chi connectivity index (χ3v) is 3.86. The monoisotopic (exact) mass is 301 g/mol. The van der Waals surface area contributed by atoms with E-state index in [-0.39, 0.29) is 11.2 Å². The van der Waals surface area contributed by atoms with Crippen LogP contribution in [0.4, 0.5) is 10.1 Å². The van der Waals surface area contributed by atoms with Crippen molar-refractivity contribution >= 4 is 11.6 Å². The minimum absolute atomic E-state index is 0.0913. The van der Waals surface area contributed by atoms with Crippen LogP contribution in [-0.4, -0.2) is 15.7 Å². The second kappa shape index (κ2) is 5.71. The van der Waals surface area contributed by atoms with Crippen LogP contribution in [0, 0.1) is 5.82 Å². The number of hydrogen-bond donors (Lipinski definition) is 1. The molecule has 0 spiro atoms. The quantitative estimate of drug-likeness (QED) is 0.944. The molecule has 1 aliphatic carbocycles. The van der Waals surface area contributed by atoms with Crippen molar-refractivity contribution in [2.75, 3.05) is 5.32 Å². The smallest absolute Gasteiger partial charge is 0.267 e. The number of amides is 1. The van der Waals surface area contributed by atoms with Crippen LogP contribution in [-0.2, 0) is 17.6 Å². The molecule has 3 rings (SSSR count). The summed E-state index contributed by atoms with van der Waals surface area (Å²) in [6.45, 7) is 1.58. The maximum Gasteiger partial charge on any atom is 0.267 e. The Kier molecular flexibility index (Phi) is 3.75. The summed E-state index contributed by atoms with van der Waals surface area (Å²) in [5, 5.41) is 6.78. The molecular weight excluding hydrogens is 285 g/mol. The zero-order chi connectivity index (χ0) is 15.7. The summed E-state index contributed by atoms with van der Waals surface area (Å²) in [4.78, 5) is 24.3. The Balaban J connectivity index is 1.85. The molecule has 1 N–H and O–H groups in total. The van der Waals surface area contributed by atoms with Crippen LogP contribution in [0.1, 0.15) is 30.6 Å². The van der Waals surface area contributed by atoms with Gasteiger partial charge in [-0.05, 0) is 43.9 Å². The number of para-hydroxylation sites is 1. The SMILES string of the molecule is CC(C(=O)Nc1ccccc1F)n1nc2c(cc1=O)CCC2. The number of carbonyl (C=O) groups excluding carboxylic acids is 1. The zero-order valence-corrected chi connectivity index (χ0v) is 12.2. The molecule has 1 amide bonds. The largest absolute Gasteiger partial charge is 0.322 e. The van der Waals surface area contributed by atoms with Crippen molar-refractivity contribution in [3.8, 4) is 0 Å². The first-order chi connectivity index (χ1) is 10.6. The lowest BCUT2D eigenvalue weighted by Gasteiger charge is -2.15. The Morgan fingerprint density at radius 3 is 2.91 bits per heavy atom. The van der Waals surface area contributed by atoms with Crippen molar-refractivity contribution in [1.29, 1.82) is 0 Å². The van der Waals surface area contributed by atoms with Crippen LogP contribution >= 0.6 is 0 Å². The van der Waals surface area contributed by atoms with Gasteiger partial charge in [-0.15, -0.1) is 0 Å². The highest BCUT2D eigenvalue weighted by molar-refractivity contribution is 5.93. The van der Waals surface area contributed by atoms with E-state index in [1.54, 1.807) is 25.1 Å². The molecule has 5 nitrogen and oxygen atoms in total. The fourth-order valence-corrected chi connectivity index (χ4v) is 2.60. The molecule has 0 saturated carbocycles. The number of carbonyl (C=O) groups is 1. The molecule has 1 aromatic carbocycles. The van der Waals surface area contributed by atoms with Gasteiger partial charge < -0.3 is 5.32 Å². The van der Waals surface area contributed by atoms with Gasteiger partial charge in [-0.2, -0.15) is 5.10 Å². The molecule has 1 aliphatic rings. The summed E-state index contributed by atoms with van der Waals surface area (Å²) in [6.07, 6.45) is 2.65. The highest BCUT2D eigenvalue weighted by Gasteiger charge is 2.22. The third-order valence-electron chi connectivity index (χ3n) is 3.86. The van der Waals surface area contributed by atoms with Crippen molar-refractivity contribution in [1.82, 2.24) is 9.78 Å². The summed E-state index contributed by atoms with van der Waals surface area (Å²) < 4.78 is 14.7. The number of hydrogen-bond acceptors (Lipinski definition) is 3. The predicted octanol–water partition coefficient (Wildman–Crippen LogP) is 2.07. The summed E-state index contributed by atoms with van der Waals surface area (Å²) in [7, 11) is 0. The maximum absolute atomic E-state index is 13.6. The molecule has 0 bridgehead atoms. The molecule has 0 fully saturated rings.